The monoisotopic (exact) mass is 290 g/mol. The first-order chi connectivity index (χ1) is 8.76. The Morgan fingerprint density at radius 3 is 2.37 bits per heavy atom. The van der Waals surface area contributed by atoms with E-state index in [1.807, 2.05) is 27.0 Å². The summed E-state index contributed by atoms with van der Waals surface area (Å²) in [4.78, 5) is 22.6. The molecule has 0 fully saturated rings. The van der Waals surface area contributed by atoms with Gasteiger partial charge < -0.3 is 15.7 Å². The van der Waals surface area contributed by atoms with Crippen molar-refractivity contribution in [1.29, 1.82) is 0 Å². The van der Waals surface area contributed by atoms with Crippen molar-refractivity contribution >= 4 is 23.8 Å². The third-order valence-corrected chi connectivity index (χ3v) is 3.22. The minimum Gasteiger partial charge on any atom is -0.481 e. The highest BCUT2D eigenvalue weighted by molar-refractivity contribution is 7.98. The van der Waals surface area contributed by atoms with Gasteiger partial charge >= 0.3 is 12.0 Å². The van der Waals surface area contributed by atoms with Gasteiger partial charge in [0.15, 0.2) is 0 Å². The lowest BCUT2D eigenvalue weighted by Gasteiger charge is -2.23. The summed E-state index contributed by atoms with van der Waals surface area (Å²) in [5, 5.41) is 14.5. The van der Waals surface area contributed by atoms with Crippen molar-refractivity contribution < 1.29 is 14.7 Å². The Labute approximate surface area is 119 Å². The summed E-state index contributed by atoms with van der Waals surface area (Å²) in [5.41, 5.74) is -0.0699. The van der Waals surface area contributed by atoms with Crippen LogP contribution in [0.5, 0.6) is 0 Å². The Morgan fingerprint density at radius 1 is 1.26 bits per heavy atom. The van der Waals surface area contributed by atoms with Gasteiger partial charge in [-0.25, -0.2) is 4.79 Å². The summed E-state index contributed by atoms with van der Waals surface area (Å²) in [6.45, 7) is 6.76. The summed E-state index contributed by atoms with van der Waals surface area (Å²) >= 11 is 1.73. The molecular weight excluding hydrogens is 264 g/mol. The van der Waals surface area contributed by atoms with Gasteiger partial charge in [-0.2, -0.15) is 11.8 Å². The smallest absolute Gasteiger partial charge is 0.314 e. The first-order valence-corrected chi connectivity index (χ1v) is 7.89. The molecule has 0 aromatic rings. The fourth-order valence-electron chi connectivity index (χ4n) is 1.68. The quantitative estimate of drug-likeness (QED) is 0.599. The molecule has 0 spiro atoms. The number of hydrogen-bond donors (Lipinski definition) is 3. The molecule has 1 unspecified atom stereocenters. The molecule has 0 rings (SSSR count). The highest BCUT2D eigenvalue weighted by Crippen LogP contribution is 2.24. The molecule has 0 radical (unpaired) electrons. The van der Waals surface area contributed by atoms with Gasteiger partial charge in [-0.05, 0) is 30.3 Å². The molecule has 2 amide bonds. The molecule has 19 heavy (non-hydrogen) atoms. The van der Waals surface area contributed by atoms with Crippen LogP contribution in [0, 0.1) is 11.3 Å². The summed E-state index contributed by atoms with van der Waals surface area (Å²) in [6, 6.07) is -0.290. The fraction of sp³-hybridized carbons (Fsp3) is 0.846. The van der Waals surface area contributed by atoms with Crippen LogP contribution < -0.4 is 10.6 Å². The highest BCUT2D eigenvalue weighted by Gasteiger charge is 2.24. The topological polar surface area (TPSA) is 78.4 Å². The van der Waals surface area contributed by atoms with Crippen LogP contribution in [0.4, 0.5) is 4.79 Å². The molecule has 0 saturated heterocycles. The van der Waals surface area contributed by atoms with E-state index in [-0.39, 0.29) is 18.0 Å². The van der Waals surface area contributed by atoms with E-state index >= 15 is 0 Å². The van der Waals surface area contributed by atoms with Gasteiger partial charge in [0.25, 0.3) is 0 Å². The average molecular weight is 290 g/mol. The molecule has 0 aliphatic carbocycles. The number of aliphatic carboxylic acids is 1. The fourth-order valence-corrected chi connectivity index (χ4v) is 2.12. The van der Waals surface area contributed by atoms with Crippen molar-refractivity contribution in [2.24, 2.45) is 11.3 Å². The number of carbonyl (C=O) groups is 2. The summed E-state index contributed by atoms with van der Waals surface area (Å²) in [5.74, 6) is -0.406. The van der Waals surface area contributed by atoms with E-state index < -0.39 is 11.9 Å². The number of carboxylic acid groups (broad SMARTS) is 1. The van der Waals surface area contributed by atoms with Crippen LogP contribution in [-0.2, 0) is 4.79 Å². The third kappa shape index (κ3) is 10.7. The number of amides is 2. The average Bonchev–Trinajstić information content (AvgIpc) is 2.28. The van der Waals surface area contributed by atoms with Crippen molar-refractivity contribution in [3.05, 3.63) is 0 Å². The van der Waals surface area contributed by atoms with Gasteiger partial charge in [-0.1, -0.05) is 20.8 Å². The molecule has 0 aromatic carbocycles. The minimum atomic E-state index is -0.863. The predicted molar refractivity (Wildman–Crippen MR) is 79.6 cm³/mol. The summed E-state index contributed by atoms with van der Waals surface area (Å²) < 4.78 is 0. The number of nitrogens with one attached hydrogen (secondary N) is 2. The number of rotatable bonds is 8. The number of carbonyl (C=O) groups excluding carboxylic acids is 1. The Hall–Kier alpha value is -0.910. The Bertz CT molecular complexity index is 290. The normalized spacial score (nSPS) is 12.8. The zero-order valence-electron chi connectivity index (χ0n) is 12.3. The van der Waals surface area contributed by atoms with Crippen LogP contribution in [0.15, 0.2) is 0 Å². The second kappa shape index (κ2) is 9.07. The molecule has 0 bridgehead atoms. The molecule has 112 valence electrons. The van der Waals surface area contributed by atoms with E-state index in [1.54, 1.807) is 11.8 Å². The van der Waals surface area contributed by atoms with E-state index in [0.29, 0.717) is 13.0 Å². The molecule has 0 saturated carbocycles. The molecule has 3 N–H and O–H groups in total. The van der Waals surface area contributed by atoms with Gasteiger partial charge in [0.2, 0.25) is 0 Å². The maximum absolute atomic E-state index is 11.5. The summed E-state index contributed by atoms with van der Waals surface area (Å²) in [6.07, 6.45) is 3.47. The van der Waals surface area contributed by atoms with Crippen molar-refractivity contribution in [3.63, 3.8) is 0 Å². The molecule has 0 aliphatic rings. The van der Waals surface area contributed by atoms with E-state index in [9.17, 15) is 9.59 Å². The molecule has 0 aromatic heterocycles. The predicted octanol–water partition coefficient (Wildman–Crippen LogP) is 2.18. The number of carboxylic acids is 1. The lowest BCUT2D eigenvalue weighted by atomic mass is 9.84. The number of thioether (sulfide) groups is 1. The van der Waals surface area contributed by atoms with E-state index in [1.165, 1.54) is 0 Å². The first-order valence-electron chi connectivity index (χ1n) is 6.49. The van der Waals surface area contributed by atoms with Gasteiger partial charge in [0.1, 0.15) is 0 Å². The van der Waals surface area contributed by atoms with E-state index in [2.05, 4.69) is 10.6 Å². The molecule has 0 heterocycles. The van der Waals surface area contributed by atoms with Gasteiger partial charge in [0.05, 0.1) is 5.92 Å². The zero-order chi connectivity index (χ0) is 14.9. The standard InChI is InChI=1S/C13H26N2O3S/c1-13(2,3)8-10(11(16)17)9-15-12(18)14-6-5-7-19-4/h10H,5-9H2,1-4H3,(H,16,17)(H2,14,15,18). The molecule has 6 heteroatoms. The Kier molecular flexibility index (Phi) is 8.63. The van der Waals surface area contributed by atoms with Crippen molar-refractivity contribution in [3.8, 4) is 0 Å². The second-order valence-electron chi connectivity index (χ2n) is 5.78. The third-order valence-electron chi connectivity index (χ3n) is 2.53. The van der Waals surface area contributed by atoms with E-state index in [4.69, 9.17) is 5.11 Å². The molecule has 5 nitrogen and oxygen atoms in total. The van der Waals surface area contributed by atoms with Crippen LogP contribution in [0.25, 0.3) is 0 Å². The van der Waals surface area contributed by atoms with Crippen LogP contribution in [0.1, 0.15) is 33.6 Å². The lowest BCUT2D eigenvalue weighted by Crippen LogP contribution is -2.41. The maximum Gasteiger partial charge on any atom is 0.314 e. The first kappa shape index (κ1) is 18.1. The van der Waals surface area contributed by atoms with Gasteiger partial charge in [-0.15, -0.1) is 0 Å². The SMILES string of the molecule is CSCCCNC(=O)NCC(CC(C)(C)C)C(=O)O. The second-order valence-corrected chi connectivity index (χ2v) is 6.77. The zero-order valence-corrected chi connectivity index (χ0v) is 13.1. The number of hydrogen-bond acceptors (Lipinski definition) is 3. The number of urea groups is 1. The maximum atomic E-state index is 11.5. The van der Waals surface area contributed by atoms with Crippen molar-refractivity contribution in [2.75, 3.05) is 25.1 Å². The summed E-state index contributed by atoms with van der Waals surface area (Å²) in [7, 11) is 0. The highest BCUT2D eigenvalue weighted by atomic mass is 32.2. The van der Waals surface area contributed by atoms with Crippen LogP contribution in [0.3, 0.4) is 0 Å². The molecule has 0 aliphatic heterocycles. The lowest BCUT2D eigenvalue weighted by molar-refractivity contribution is -0.142. The van der Waals surface area contributed by atoms with Crippen LogP contribution in [-0.4, -0.2) is 42.2 Å². The van der Waals surface area contributed by atoms with Gasteiger partial charge in [0, 0.05) is 13.1 Å². The Morgan fingerprint density at radius 2 is 1.89 bits per heavy atom. The minimum absolute atomic E-state index is 0.0699. The Balaban J connectivity index is 3.98. The van der Waals surface area contributed by atoms with Crippen LogP contribution in [0.2, 0.25) is 0 Å². The van der Waals surface area contributed by atoms with Crippen molar-refractivity contribution in [2.45, 2.75) is 33.6 Å². The largest absolute Gasteiger partial charge is 0.481 e. The van der Waals surface area contributed by atoms with Crippen molar-refractivity contribution in [1.82, 2.24) is 10.6 Å². The van der Waals surface area contributed by atoms with E-state index in [0.717, 1.165) is 12.2 Å². The molecular formula is C13H26N2O3S. The van der Waals surface area contributed by atoms with Crippen LogP contribution >= 0.6 is 11.8 Å². The molecule has 1 atom stereocenters. The van der Waals surface area contributed by atoms with Gasteiger partial charge in [-0.3, -0.25) is 4.79 Å².